The van der Waals surface area contributed by atoms with Crippen LogP contribution in [0, 0.1) is 0 Å². The molecular weight excluding hydrogens is 447 g/mol. The number of ether oxygens (including phenoxy) is 1. The summed E-state index contributed by atoms with van der Waals surface area (Å²) in [6.07, 6.45) is 6.57. The molecule has 0 unspecified atom stereocenters. The van der Waals surface area contributed by atoms with Gasteiger partial charge in [0.2, 0.25) is 5.88 Å². The van der Waals surface area contributed by atoms with Crippen molar-refractivity contribution in [3.05, 3.63) is 46.5 Å². The summed E-state index contributed by atoms with van der Waals surface area (Å²) in [4.78, 5) is 22.0. The second-order valence-corrected chi connectivity index (χ2v) is 9.76. The Morgan fingerprint density at radius 1 is 1.14 bits per heavy atom. The number of aromatic amines is 1. The zero-order chi connectivity index (χ0) is 24.6. The maximum Gasteiger partial charge on any atom is 0.327 e. The summed E-state index contributed by atoms with van der Waals surface area (Å²) in [5.41, 5.74) is 1.58. The van der Waals surface area contributed by atoms with Crippen molar-refractivity contribution >= 4 is 22.1 Å². The summed E-state index contributed by atoms with van der Waals surface area (Å²) >= 11 is 0. The topological polar surface area (TPSA) is 88.9 Å². The normalized spacial score (nSPS) is 15.2. The van der Waals surface area contributed by atoms with Gasteiger partial charge in [0.25, 0.3) is 0 Å². The third kappa shape index (κ3) is 4.77. The van der Waals surface area contributed by atoms with E-state index in [1.165, 1.54) is 50.8 Å². The van der Waals surface area contributed by atoms with Crippen LogP contribution < -0.4 is 10.4 Å². The molecular formula is C26H31FN6O2. The van der Waals surface area contributed by atoms with Crippen LogP contribution in [0.3, 0.4) is 0 Å². The number of pyridine rings is 1. The Kier molecular flexibility index (Phi) is 6.27. The van der Waals surface area contributed by atoms with E-state index >= 15 is 4.39 Å². The minimum Gasteiger partial charge on any atom is -0.478 e. The molecule has 1 N–H and O–H groups in total. The standard InChI is InChI=1S/C26H31FN6O2/c1-26(2,27)20-15-21-19(23-24(31-30-21)32(3)25(34)29-23)14-18(20)17-8-9-22(28-16-17)35-13-7-12-33-10-5-4-6-11-33/h8-9,14-16H,4-7,10-13H2,1-3H3,(H,29,34). The van der Waals surface area contributed by atoms with Gasteiger partial charge in [0, 0.05) is 36.8 Å². The summed E-state index contributed by atoms with van der Waals surface area (Å²) in [5.74, 6) is 0.551. The highest BCUT2D eigenvalue weighted by Gasteiger charge is 2.25. The summed E-state index contributed by atoms with van der Waals surface area (Å²) in [7, 11) is 1.64. The highest BCUT2D eigenvalue weighted by molar-refractivity contribution is 6.02. The maximum atomic E-state index is 15.3. The predicted octanol–water partition coefficient (Wildman–Crippen LogP) is 4.33. The number of H-pyrrole nitrogens is 1. The lowest BCUT2D eigenvalue weighted by atomic mass is 9.89. The molecule has 0 spiro atoms. The molecule has 1 fully saturated rings. The van der Waals surface area contributed by atoms with Crippen LogP contribution in [0.5, 0.6) is 5.88 Å². The molecule has 1 aromatic carbocycles. The molecule has 8 nitrogen and oxygen atoms in total. The molecule has 184 valence electrons. The molecule has 1 saturated heterocycles. The van der Waals surface area contributed by atoms with Crippen molar-refractivity contribution < 1.29 is 9.13 Å². The van der Waals surface area contributed by atoms with E-state index in [2.05, 4.69) is 25.1 Å². The van der Waals surface area contributed by atoms with Gasteiger partial charge in [-0.05, 0) is 75.5 Å². The van der Waals surface area contributed by atoms with Crippen molar-refractivity contribution in [2.75, 3.05) is 26.2 Å². The number of imidazole rings is 1. The van der Waals surface area contributed by atoms with Crippen LogP contribution in [-0.2, 0) is 12.7 Å². The van der Waals surface area contributed by atoms with E-state index < -0.39 is 5.67 Å². The van der Waals surface area contributed by atoms with Gasteiger partial charge in [0.05, 0.1) is 17.6 Å². The van der Waals surface area contributed by atoms with Gasteiger partial charge in [0.1, 0.15) is 5.67 Å². The first kappa shape index (κ1) is 23.4. The van der Waals surface area contributed by atoms with Gasteiger partial charge < -0.3 is 14.6 Å². The molecule has 3 aromatic heterocycles. The van der Waals surface area contributed by atoms with Gasteiger partial charge in [-0.3, -0.25) is 4.57 Å². The fraction of sp³-hybridized carbons (Fsp3) is 0.462. The van der Waals surface area contributed by atoms with Gasteiger partial charge in [-0.2, -0.15) is 0 Å². The number of rotatable bonds is 7. The van der Waals surface area contributed by atoms with Crippen molar-refractivity contribution in [2.45, 2.75) is 45.2 Å². The van der Waals surface area contributed by atoms with Crippen LogP contribution in [0.1, 0.15) is 45.1 Å². The third-order valence-electron chi connectivity index (χ3n) is 6.74. The van der Waals surface area contributed by atoms with Crippen LogP contribution in [0.4, 0.5) is 4.39 Å². The van der Waals surface area contributed by atoms with E-state index in [0.29, 0.717) is 45.7 Å². The van der Waals surface area contributed by atoms with Crippen molar-refractivity contribution in [2.24, 2.45) is 7.05 Å². The van der Waals surface area contributed by atoms with Gasteiger partial charge >= 0.3 is 5.69 Å². The van der Waals surface area contributed by atoms with Crippen LogP contribution >= 0.6 is 0 Å². The fourth-order valence-electron chi connectivity index (χ4n) is 4.79. The monoisotopic (exact) mass is 478 g/mol. The van der Waals surface area contributed by atoms with Crippen molar-refractivity contribution in [3.8, 4) is 17.0 Å². The summed E-state index contributed by atoms with van der Waals surface area (Å²) in [6.45, 7) is 7.05. The predicted molar refractivity (Wildman–Crippen MR) is 134 cm³/mol. The quantitative estimate of drug-likeness (QED) is 0.398. The largest absolute Gasteiger partial charge is 0.478 e. The fourth-order valence-corrected chi connectivity index (χ4v) is 4.79. The molecule has 35 heavy (non-hydrogen) atoms. The number of alkyl halides is 1. The second-order valence-electron chi connectivity index (χ2n) is 9.76. The van der Waals surface area contributed by atoms with E-state index in [-0.39, 0.29) is 5.69 Å². The van der Waals surface area contributed by atoms with Crippen LogP contribution in [0.25, 0.3) is 33.2 Å². The molecule has 1 aliphatic rings. The Bertz CT molecular complexity index is 1400. The van der Waals surface area contributed by atoms with Crippen LogP contribution in [0.15, 0.2) is 35.3 Å². The maximum absolute atomic E-state index is 15.3. The van der Waals surface area contributed by atoms with Crippen molar-refractivity contribution in [1.29, 1.82) is 0 Å². The minimum atomic E-state index is -1.62. The number of benzene rings is 1. The van der Waals surface area contributed by atoms with E-state index in [9.17, 15) is 4.79 Å². The number of aryl methyl sites for hydroxylation is 1. The Morgan fingerprint density at radius 3 is 2.66 bits per heavy atom. The average Bonchev–Trinajstić information content (AvgIpc) is 3.15. The summed E-state index contributed by atoms with van der Waals surface area (Å²) in [6, 6.07) is 7.27. The number of piperidine rings is 1. The lowest BCUT2D eigenvalue weighted by Gasteiger charge is -2.26. The molecule has 0 atom stereocenters. The van der Waals surface area contributed by atoms with Crippen LogP contribution in [0.2, 0.25) is 0 Å². The summed E-state index contributed by atoms with van der Waals surface area (Å²) < 4.78 is 22.5. The number of aromatic nitrogens is 5. The molecule has 0 saturated carbocycles. The Balaban J connectivity index is 1.42. The first-order chi connectivity index (χ1) is 16.8. The highest BCUT2D eigenvalue weighted by Crippen LogP contribution is 2.38. The number of hydrogen-bond acceptors (Lipinski definition) is 6. The zero-order valence-corrected chi connectivity index (χ0v) is 20.5. The number of hydrogen-bond donors (Lipinski definition) is 1. The minimum absolute atomic E-state index is 0.276. The van der Waals surface area contributed by atoms with Gasteiger partial charge in [-0.15, -0.1) is 10.2 Å². The molecule has 4 aromatic rings. The molecule has 0 bridgehead atoms. The number of likely N-dealkylation sites (tertiary alicyclic amines) is 1. The lowest BCUT2D eigenvalue weighted by molar-refractivity contribution is 0.203. The summed E-state index contributed by atoms with van der Waals surface area (Å²) in [5, 5.41) is 9.11. The number of fused-ring (bicyclic) bond motifs is 3. The van der Waals surface area contributed by atoms with Gasteiger partial charge in [-0.25, -0.2) is 14.2 Å². The molecule has 0 radical (unpaired) electrons. The second kappa shape index (κ2) is 9.37. The van der Waals surface area contributed by atoms with E-state index in [0.717, 1.165) is 18.5 Å². The van der Waals surface area contributed by atoms with Gasteiger partial charge in [-0.1, -0.05) is 6.42 Å². The highest BCUT2D eigenvalue weighted by atomic mass is 19.1. The van der Waals surface area contributed by atoms with Gasteiger partial charge in [0.15, 0.2) is 5.65 Å². The smallest absolute Gasteiger partial charge is 0.327 e. The van der Waals surface area contributed by atoms with Crippen molar-refractivity contribution in [3.63, 3.8) is 0 Å². The zero-order valence-electron chi connectivity index (χ0n) is 20.5. The Hall–Kier alpha value is -3.33. The Morgan fingerprint density at radius 2 is 1.94 bits per heavy atom. The third-order valence-corrected chi connectivity index (χ3v) is 6.74. The Labute approximate surface area is 203 Å². The van der Waals surface area contributed by atoms with Crippen molar-refractivity contribution in [1.82, 2.24) is 29.6 Å². The van der Waals surface area contributed by atoms with E-state index in [1.807, 2.05) is 18.2 Å². The molecule has 1 aliphatic heterocycles. The number of halogens is 1. The SMILES string of the molecule is Cn1c(=O)[nH]c2c3cc(-c4ccc(OCCCN5CCCCC5)nc4)c(C(C)(C)F)cc3nnc21. The molecule has 9 heteroatoms. The van der Waals surface area contributed by atoms with E-state index in [4.69, 9.17) is 4.74 Å². The first-order valence-electron chi connectivity index (χ1n) is 12.2. The molecule has 0 amide bonds. The number of nitrogens with one attached hydrogen (secondary N) is 1. The lowest BCUT2D eigenvalue weighted by Crippen LogP contribution is -2.31. The van der Waals surface area contributed by atoms with E-state index in [1.54, 1.807) is 19.3 Å². The van der Waals surface area contributed by atoms with Crippen LogP contribution in [-0.4, -0.2) is 55.9 Å². The number of nitrogens with zero attached hydrogens (tertiary/aromatic N) is 5. The first-order valence-corrected chi connectivity index (χ1v) is 12.2. The molecule has 0 aliphatic carbocycles. The average molecular weight is 479 g/mol. The molecule has 5 rings (SSSR count). The molecule has 4 heterocycles.